The van der Waals surface area contributed by atoms with Gasteiger partial charge in [-0.1, -0.05) is 60.1 Å². The van der Waals surface area contributed by atoms with Gasteiger partial charge in [0.05, 0.1) is 33.8 Å². The third-order valence-corrected chi connectivity index (χ3v) is 4.95. The molecule has 12 heteroatoms. The van der Waals surface area contributed by atoms with E-state index in [9.17, 15) is 18.7 Å². The molecule has 0 saturated carbocycles. The third-order valence-electron chi connectivity index (χ3n) is 4.39. The number of nitrogens with zero attached hydrogens (tertiary/aromatic N) is 4. The number of allylic oxidation sites excluding steroid dienone is 1. The van der Waals surface area contributed by atoms with Crippen molar-refractivity contribution in [2.45, 2.75) is 5.92 Å². The minimum atomic E-state index is -3.63. The van der Waals surface area contributed by atoms with E-state index in [0.717, 1.165) is 11.2 Å². The van der Waals surface area contributed by atoms with Crippen molar-refractivity contribution in [2.24, 2.45) is 5.10 Å². The average molecular weight is 492 g/mol. The van der Waals surface area contributed by atoms with Crippen LogP contribution in [0.5, 0.6) is 17.5 Å². The Kier molecular flexibility index (Phi) is 5.88. The molecular weight excluding hydrogens is 479 g/mol. The monoisotopic (exact) mass is 491 g/mol. The number of halogens is 4. The second kappa shape index (κ2) is 8.64. The molecular formula is C21H13Cl2F2N5O3. The van der Waals surface area contributed by atoms with E-state index in [1.165, 1.54) is 42.6 Å². The smallest absolute Gasteiger partial charge is 0.347 e. The number of urea groups is 1. The lowest BCUT2D eigenvalue weighted by molar-refractivity contribution is 0.0344. The number of nitrogens with one attached hydrogen (secondary N) is 1. The van der Waals surface area contributed by atoms with Crippen LogP contribution in [-0.2, 0) is 5.92 Å². The number of alkyl halides is 2. The molecule has 0 fully saturated rings. The summed E-state index contributed by atoms with van der Waals surface area (Å²) >= 11 is 12.5. The number of aromatic hydroxyl groups is 1. The molecule has 3 aromatic rings. The number of ether oxygens (including phenoxy) is 1. The Hall–Kier alpha value is -3.76. The largest absolute Gasteiger partial charge is 0.504 e. The van der Waals surface area contributed by atoms with Crippen LogP contribution in [0, 0.1) is 0 Å². The number of benzene rings is 2. The summed E-state index contributed by atoms with van der Waals surface area (Å²) in [5, 5.41) is 17.2. The molecule has 0 radical (unpaired) electrons. The first kappa shape index (κ1) is 22.4. The summed E-state index contributed by atoms with van der Waals surface area (Å²) in [4.78, 5) is 19.5. The summed E-state index contributed by atoms with van der Waals surface area (Å²) in [7, 11) is 0. The zero-order chi connectivity index (χ0) is 23.8. The normalized spacial score (nSPS) is 13.8. The van der Waals surface area contributed by atoms with Gasteiger partial charge in [-0.25, -0.2) is 4.79 Å². The van der Waals surface area contributed by atoms with Crippen molar-refractivity contribution in [3.05, 3.63) is 82.2 Å². The van der Waals surface area contributed by atoms with E-state index in [4.69, 9.17) is 27.9 Å². The molecule has 0 unspecified atom stereocenters. The number of amides is 2. The first-order chi connectivity index (χ1) is 15.7. The molecule has 1 aliphatic heterocycles. The SMILES string of the molecule is C=C1C=NN(c2cc(Cl)c(Oc3ncc(O)c(C(F)(F)c4ccccc4)n3)c(Cl)c2)C(=O)N1. The Labute approximate surface area is 195 Å². The summed E-state index contributed by atoms with van der Waals surface area (Å²) in [5.74, 6) is -4.60. The van der Waals surface area contributed by atoms with E-state index in [2.05, 4.69) is 27.0 Å². The van der Waals surface area contributed by atoms with Crippen LogP contribution in [0.2, 0.25) is 10.0 Å². The molecule has 0 aliphatic carbocycles. The first-order valence-corrected chi connectivity index (χ1v) is 9.93. The van der Waals surface area contributed by atoms with E-state index < -0.39 is 29.4 Å². The van der Waals surface area contributed by atoms with Gasteiger partial charge >= 0.3 is 18.0 Å². The quantitative estimate of drug-likeness (QED) is 0.494. The van der Waals surface area contributed by atoms with E-state index in [-0.39, 0.29) is 27.0 Å². The van der Waals surface area contributed by atoms with Gasteiger partial charge in [0.2, 0.25) is 0 Å². The summed E-state index contributed by atoms with van der Waals surface area (Å²) < 4.78 is 35.3. The van der Waals surface area contributed by atoms with Gasteiger partial charge in [-0.2, -0.15) is 28.9 Å². The van der Waals surface area contributed by atoms with Crippen LogP contribution in [-0.4, -0.2) is 27.3 Å². The van der Waals surface area contributed by atoms with Gasteiger partial charge in [0.25, 0.3) is 0 Å². The number of carbonyl (C=O) groups is 1. The second-order valence-electron chi connectivity index (χ2n) is 6.68. The lowest BCUT2D eigenvalue weighted by Gasteiger charge is -2.22. The van der Waals surface area contributed by atoms with Gasteiger partial charge in [0.1, 0.15) is 0 Å². The number of anilines is 1. The fraction of sp³-hybridized carbons (Fsp3) is 0.0476. The van der Waals surface area contributed by atoms with Gasteiger partial charge in [-0.05, 0) is 12.1 Å². The van der Waals surface area contributed by atoms with Crippen LogP contribution in [0.3, 0.4) is 0 Å². The van der Waals surface area contributed by atoms with Crippen molar-refractivity contribution in [1.82, 2.24) is 15.3 Å². The molecule has 2 aromatic carbocycles. The van der Waals surface area contributed by atoms with Crippen LogP contribution < -0.4 is 15.1 Å². The molecule has 8 nitrogen and oxygen atoms in total. The summed E-state index contributed by atoms with van der Waals surface area (Å²) in [6.07, 6.45) is 2.11. The predicted octanol–water partition coefficient (Wildman–Crippen LogP) is 5.45. The molecule has 0 saturated heterocycles. The Morgan fingerprint density at radius 3 is 2.45 bits per heavy atom. The molecule has 2 heterocycles. The molecule has 4 rings (SSSR count). The van der Waals surface area contributed by atoms with Crippen molar-refractivity contribution >= 4 is 41.1 Å². The van der Waals surface area contributed by atoms with Crippen LogP contribution in [0.25, 0.3) is 0 Å². The summed E-state index contributed by atoms with van der Waals surface area (Å²) in [6, 6.07) is 8.38. The van der Waals surface area contributed by atoms with Gasteiger partial charge in [0, 0.05) is 5.56 Å². The number of rotatable bonds is 5. The number of hydrogen-bond donors (Lipinski definition) is 2. The second-order valence-corrected chi connectivity index (χ2v) is 7.49. The first-order valence-electron chi connectivity index (χ1n) is 9.17. The maximum atomic E-state index is 14.9. The molecule has 2 amide bonds. The zero-order valence-electron chi connectivity index (χ0n) is 16.5. The van der Waals surface area contributed by atoms with Crippen LogP contribution in [0.1, 0.15) is 11.3 Å². The van der Waals surface area contributed by atoms with Gasteiger partial charge in [-0.15, -0.1) is 0 Å². The topological polar surface area (TPSA) is 99.9 Å². The van der Waals surface area contributed by atoms with Crippen molar-refractivity contribution in [3.63, 3.8) is 0 Å². The van der Waals surface area contributed by atoms with E-state index in [1.807, 2.05) is 0 Å². The van der Waals surface area contributed by atoms with Gasteiger partial charge in [-0.3, -0.25) is 0 Å². The lowest BCUT2D eigenvalue weighted by Crippen LogP contribution is -2.40. The maximum absolute atomic E-state index is 14.9. The van der Waals surface area contributed by atoms with Crippen molar-refractivity contribution in [2.75, 3.05) is 5.01 Å². The van der Waals surface area contributed by atoms with E-state index in [1.54, 1.807) is 6.07 Å². The highest BCUT2D eigenvalue weighted by Gasteiger charge is 2.39. The summed E-state index contributed by atoms with van der Waals surface area (Å²) in [5.41, 5.74) is -0.821. The Morgan fingerprint density at radius 1 is 1.15 bits per heavy atom. The van der Waals surface area contributed by atoms with E-state index >= 15 is 0 Å². The van der Waals surface area contributed by atoms with Gasteiger partial charge < -0.3 is 15.2 Å². The Balaban J connectivity index is 1.66. The van der Waals surface area contributed by atoms with E-state index in [0.29, 0.717) is 5.70 Å². The van der Waals surface area contributed by atoms with Crippen molar-refractivity contribution in [3.8, 4) is 17.5 Å². The fourth-order valence-corrected chi connectivity index (χ4v) is 3.42. The minimum absolute atomic E-state index is 0.0713. The number of hydrogen-bond acceptors (Lipinski definition) is 6. The van der Waals surface area contributed by atoms with Crippen molar-refractivity contribution in [1.29, 1.82) is 0 Å². The maximum Gasteiger partial charge on any atom is 0.347 e. The number of hydrazone groups is 1. The van der Waals surface area contributed by atoms with Crippen molar-refractivity contribution < 1.29 is 23.4 Å². The highest BCUT2D eigenvalue weighted by Crippen LogP contribution is 2.42. The van der Waals surface area contributed by atoms with Crippen LogP contribution >= 0.6 is 23.2 Å². The number of carbonyl (C=O) groups excluding carboxylic acids is 1. The minimum Gasteiger partial charge on any atom is -0.504 e. The zero-order valence-corrected chi connectivity index (χ0v) is 18.0. The molecule has 33 heavy (non-hydrogen) atoms. The third kappa shape index (κ3) is 4.43. The molecule has 0 spiro atoms. The highest BCUT2D eigenvalue weighted by molar-refractivity contribution is 6.37. The van der Waals surface area contributed by atoms with Crippen LogP contribution in [0.15, 0.2) is 66.0 Å². The fourth-order valence-electron chi connectivity index (χ4n) is 2.87. The molecule has 2 N–H and O–H groups in total. The number of aromatic nitrogens is 2. The predicted molar refractivity (Wildman–Crippen MR) is 118 cm³/mol. The molecule has 0 bridgehead atoms. The molecule has 1 aliphatic rings. The van der Waals surface area contributed by atoms with Gasteiger partial charge in [0.15, 0.2) is 17.2 Å². The summed E-state index contributed by atoms with van der Waals surface area (Å²) in [6.45, 7) is 3.57. The average Bonchev–Trinajstić information content (AvgIpc) is 2.77. The Morgan fingerprint density at radius 2 is 1.82 bits per heavy atom. The molecule has 0 atom stereocenters. The highest BCUT2D eigenvalue weighted by atomic mass is 35.5. The van der Waals surface area contributed by atoms with Crippen LogP contribution in [0.4, 0.5) is 19.3 Å². The standard InChI is InChI=1S/C21H13Cl2F2N5O3/c1-11-9-27-30(20(32)28-11)13-7-14(22)17(15(23)8-13)33-19-26-10-16(31)18(29-19)21(24,25)12-5-3-2-4-6-12/h2-10,31H,1H2,(H,28,32). The Bertz CT molecular complexity index is 1270. The lowest BCUT2D eigenvalue weighted by atomic mass is 10.1. The molecule has 168 valence electrons. The molecule has 1 aromatic heterocycles.